The van der Waals surface area contributed by atoms with Crippen LogP contribution in [-0.4, -0.2) is 48.8 Å². The maximum Gasteiger partial charge on any atom is 0.403 e. The van der Waals surface area contributed by atoms with Gasteiger partial charge in [-0.1, -0.05) is 0 Å². The first-order chi connectivity index (χ1) is 8.04. The Balaban J connectivity index is 0. The summed E-state index contributed by atoms with van der Waals surface area (Å²) in [5.74, 6) is 1.76. The molecule has 0 atom stereocenters. The van der Waals surface area contributed by atoms with E-state index in [4.69, 9.17) is 27.9 Å². The van der Waals surface area contributed by atoms with Crippen LogP contribution in [0.1, 0.15) is 0 Å². The smallest absolute Gasteiger partial charge is 0.403 e. The second-order valence-electron chi connectivity index (χ2n) is 2.23. The zero-order chi connectivity index (χ0) is 13.5. The van der Waals surface area contributed by atoms with Gasteiger partial charge in [0.25, 0.3) is 0 Å². The largest absolute Gasteiger partial charge is 0.451 e. The second-order valence-corrected chi connectivity index (χ2v) is 3.74. The van der Waals surface area contributed by atoms with E-state index in [0.717, 1.165) is 11.5 Å². The summed E-state index contributed by atoms with van der Waals surface area (Å²) in [6, 6.07) is 0. The van der Waals surface area contributed by atoms with E-state index in [9.17, 15) is 9.59 Å². The predicted molar refractivity (Wildman–Crippen MR) is 72.9 cm³/mol. The van der Waals surface area contributed by atoms with Gasteiger partial charge in [0, 0.05) is 23.2 Å². The lowest BCUT2D eigenvalue weighted by Gasteiger charge is -2.03. The second kappa shape index (κ2) is 16.2. The van der Waals surface area contributed by atoms with Gasteiger partial charge in [-0.15, -0.1) is 0 Å². The Hall–Kier alpha value is 0.180. The van der Waals surface area contributed by atoms with Gasteiger partial charge in [-0.2, -0.15) is 25.3 Å². The number of carbonyl (C=O) groups excluding carboxylic acids is 2. The van der Waals surface area contributed by atoms with Crippen molar-refractivity contribution in [1.29, 1.82) is 0 Å². The molecule has 0 bridgehead atoms. The van der Waals surface area contributed by atoms with Crippen molar-refractivity contribution in [2.45, 2.75) is 0 Å². The fraction of sp³-hybridized carbons (Fsp3) is 0.750. The fourth-order valence-corrected chi connectivity index (χ4v) is 0.618. The lowest BCUT2D eigenvalue weighted by molar-refractivity contribution is 0.0555. The molecule has 0 aromatic heterocycles. The molecule has 0 N–H and O–H groups in total. The molecule has 0 aromatic rings. The zero-order valence-corrected chi connectivity index (χ0v) is 12.2. The van der Waals surface area contributed by atoms with Crippen LogP contribution in [0.15, 0.2) is 0 Å². The summed E-state index contributed by atoms with van der Waals surface area (Å²) < 4.78 is 13.5. The summed E-state index contributed by atoms with van der Waals surface area (Å²) in [6.45, 7) is 0.519. The standard InChI is InChI=1S/C6H8Cl2O5.C2H6S2/c7-5(9)12-3-1-11-2-4-13-6(8)10;3-1-2-4/h1-4H2;3-4H,1-2H2. The highest BCUT2D eigenvalue weighted by molar-refractivity contribution is 7.84. The van der Waals surface area contributed by atoms with E-state index in [1.165, 1.54) is 0 Å². The Morgan fingerprint density at radius 3 is 1.41 bits per heavy atom. The van der Waals surface area contributed by atoms with Crippen molar-refractivity contribution in [2.75, 3.05) is 37.9 Å². The topological polar surface area (TPSA) is 61.8 Å². The fourth-order valence-electron chi connectivity index (χ4n) is 0.464. The van der Waals surface area contributed by atoms with E-state index in [-0.39, 0.29) is 26.4 Å². The van der Waals surface area contributed by atoms with Crippen LogP contribution in [-0.2, 0) is 14.2 Å². The van der Waals surface area contributed by atoms with Crippen LogP contribution in [0.4, 0.5) is 9.59 Å². The zero-order valence-electron chi connectivity index (χ0n) is 8.93. The SMILES string of the molecule is O=C(Cl)OCCOCCOC(=O)Cl.SCCS. The quantitative estimate of drug-likeness (QED) is 0.428. The summed E-state index contributed by atoms with van der Waals surface area (Å²) >= 11 is 17.4. The van der Waals surface area contributed by atoms with Crippen molar-refractivity contribution in [1.82, 2.24) is 0 Å². The molecular weight excluding hydrogens is 311 g/mol. The van der Waals surface area contributed by atoms with E-state index < -0.39 is 10.9 Å². The first-order valence-corrected chi connectivity index (χ1v) is 6.50. The predicted octanol–water partition coefficient (Wildman–Crippen LogP) is 2.60. The Morgan fingerprint density at radius 2 is 1.18 bits per heavy atom. The van der Waals surface area contributed by atoms with Crippen LogP contribution in [0.5, 0.6) is 0 Å². The molecule has 0 heterocycles. The molecule has 0 aliphatic carbocycles. The molecular formula is C8H14Cl2O5S2. The average molecular weight is 325 g/mol. The molecule has 0 aliphatic rings. The summed E-state index contributed by atoms with van der Waals surface area (Å²) in [7, 11) is 0. The van der Waals surface area contributed by atoms with Crippen LogP contribution in [0.3, 0.4) is 0 Å². The first-order valence-electron chi connectivity index (χ1n) is 4.48. The molecule has 0 radical (unpaired) electrons. The molecule has 0 amide bonds. The molecule has 9 heteroatoms. The summed E-state index contributed by atoms with van der Waals surface area (Å²) in [5.41, 5.74) is -1.76. The summed E-state index contributed by atoms with van der Waals surface area (Å²) in [5, 5.41) is 0. The highest BCUT2D eigenvalue weighted by Gasteiger charge is 1.96. The van der Waals surface area contributed by atoms with Crippen molar-refractivity contribution in [3.63, 3.8) is 0 Å². The van der Waals surface area contributed by atoms with Gasteiger partial charge in [-0.05, 0) is 11.5 Å². The van der Waals surface area contributed by atoms with E-state index in [0.29, 0.717) is 0 Å². The molecule has 0 saturated carbocycles. The van der Waals surface area contributed by atoms with Gasteiger partial charge < -0.3 is 14.2 Å². The number of rotatable bonds is 7. The van der Waals surface area contributed by atoms with Crippen LogP contribution in [0.25, 0.3) is 0 Å². The molecule has 0 aliphatic heterocycles. The normalized spacial score (nSPS) is 8.94. The monoisotopic (exact) mass is 324 g/mol. The van der Waals surface area contributed by atoms with E-state index in [2.05, 4.69) is 34.7 Å². The number of thiol groups is 2. The van der Waals surface area contributed by atoms with Gasteiger partial charge >= 0.3 is 10.9 Å². The van der Waals surface area contributed by atoms with E-state index in [1.54, 1.807) is 0 Å². The van der Waals surface area contributed by atoms with E-state index >= 15 is 0 Å². The third kappa shape index (κ3) is 26.0. The minimum absolute atomic E-state index is 0.0666. The van der Waals surface area contributed by atoms with Crippen LogP contribution < -0.4 is 0 Å². The Kier molecular flexibility index (Phi) is 18.6. The molecule has 0 fully saturated rings. The third-order valence-electron chi connectivity index (χ3n) is 0.986. The minimum atomic E-state index is -0.879. The van der Waals surface area contributed by atoms with Gasteiger partial charge in [0.05, 0.1) is 13.2 Å². The molecule has 0 rings (SSSR count). The number of hydrogen-bond acceptors (Lipinski definition) is 7. The van der Waals surface area contributed by atoms with Crippen molar-refractivity contribution < 1.29 is 23.8 Å². The minimum Gasteiger partial charge on any atom is -0.451 e. The van der Waals surface area contributed by atoms with Crippen LogP contribution >= 0.6 is 48.5 Å². The number of ether oxygens (including phenoxy) is 3. The molecule has 102 valence electrons. The van der Waals surface area contributed by atoms with Gasteiger partial charge in [-0.25, -0.2) is 9.59 Å². The highest BCUT2D eigenvalue weighted by Crippen LogP contribution is 1.88. The van der Waals surface area contributed by atoms with Crippen molar-refractivity contribution >= 4 is 59.3 Å². The van der Waals surface area contributed by atoms with Crippen LogP contribution in [0.2, 0.25) is 0 Å². The molecule has 5 nitrogen and oxygen atoms in total. The Labute approximate surface area is 121 Å². The molecule has 0 unspecified atom stereocenters. The number of hydrogen-bond donors (Lipinski definition) is 2. The summed E-state index contributed by atoms with van der Waals surface area (Å²) in [6.07, 6.45) is 0. The molecule has 0 saturated heterocycles. The number of halogens is 2. The van der Waals surface area contributed by atoms with Gasteiger partial charge in [0.2, 0.25) is 0 Å². The van der Waals surface area contributed by atoms with Crippen molar-refractivity contribution in [3.8, 4) is 0 Å². The van der Waals surface area contributed by atoms with Gasteiger partial charge in [-0.3, -0.25) is 0 Å². The highest BCUT2D eigenvalue weighted by atomic mass is 35.5. The summed E-state index contributed by atoms with van der Waals surface area (Å²) in [4.78, 5) is 20.0. The first kappa shape index (κ1) is 19.5. The van der Waals surface area contributed by atoms with Crippen molar-refractivity contribution in [2.24, 2.45) is 0 Å². The average Bonchev–Trinajstić information content (AvgIpc) is 2.27. The van der Waals surface area contributed by atoms with Gasteiger partial charge in [0.15, 0.2) is 0 Å². The van der Waals surface area contributed by atoms with E-state index in [1.807, 2.05) is 0 Å². The van der Waals surface area contributed by atoms with Crippen molar-refractivity contribution in [3.05, 3.63) is 0 Å². The molecule has 0 aromatic carbocycles. The Morgan fingerprint density at radius 1 is 0.824 bits per heavy atom. The maximum atomic E-state index is 10.0. The maximum absolute atomic E-state index is 10.0. The molecule has 17 heavy (non-hydrogen) atoms. The Bertz CT molecular complexity index is 186. The third-order valence-corrected chi connectivity index (χ3v) is 2.00. The lowest BCUT2D eigenvalue weighted by Crippen LogP contribution is -2.10. The lowest BCUT2D eigenvalue weighted by atomic mass is 10.7. The molecule has 0 spiro atoms. The van der Waals surface area contributed by atoms with Gasteiger partial charge in [0.1, 0.15) is 13.2 Å². The van der Waals surface area contributed by atoms with Crippen LogP contribution in [0, 0.1) is 0 Å². The number of carbonyl (C=O) groups is 2.